The summed E-state index contributed by atoms with van der Waals surface area (Å²) in [5.41, 5.74) is 2.64. The number of benzene rings is 1. The molecule has 0 unspecified atom stereocenters. The molecule has 0 radical (unpaired) electrons. The van der Waals surface area contributed by atoms with Crippen molar-refractivity contribution >= 4 is 6.08 Å². The molecule has 2 rings (SSSR count). The number of hydrogen-bond acceptors (Lipinski definition) is 1. The molecule has 1 aromatic carbocycles. The fourth-order valence-corrected chi connectivity index (χ4v) is 1.85. The molecule has 1 aromatic rings. The highest BCUT2D eigenvalue weighted by Crippen LogP contribution is 2.30. The van der Waals surface area contributed by atoms with E-state index in [9.17, 15) is 0 Å². The third-order valence-electron chi connectivity index (χ3n) is 2.65. The number of fused-ring (bicyclic) bond motifs is 1. The Morgan fingerprint density at radius 3 is 3.00 bits per heavy atom. The molecule has 1 heteroatoms. The van der Waals surface area contributed by atoms with Crippen molar-refractivity contribution in [1.82, 2.24) is 0 Å². The average molecular weight is 188 g/mol. The first kappa shape index (κ1) is 9.32. The third kappa shape index (κ3) is 1.82. The molecule has 1 atom stereocenters. The summed E-state index contributed by atoms with van der Waals surface area (Å²) in [5, 5.41) is 0. The van der Waals surface area contributed by atoms with Gasteiger partial charge in [-0.15, -0.1) is 0 Å². The zero-order valence-corrected chi connectivity index (χ0v) is 8.57. The predicted molar refractivity (Wildman–Crippen MR) is 58.8 cm³/mol. The second kappa shape index (κ2) is 4.32. The summed E-state index contributed by atoms with van der Waals surface area (Å²) < 4.78 is 5.63. The summed E-state index contributed by atoms with van der Waals surface area (Å²) in [5.74, 6) is 0. The van der Waals surface area contributed by atoms with Gasteiger partial charge < -0.3 is 4.74 Å². The Kier molecular flexibility index (Phi) is 2.87. The maximum absolute atomic E-state index is 5.63. The molecule has 0 saturated carbocycles. The van der Waals surface area contributed by atoms with Crippen molar-refractivity contribution < 1.29 is 4.74 Å². The lowest BCUT2D eigenvalue weighted by Crippen LogP contribution is -2.06. The maximum Gasteiger partial charge on any atom is 0.123 e. The van der Waals surface area contributed by atoms with Crippen molar-refractivity contribution in [2.75, 3.05) is 0 Å². The minimum Gasteiger partial charge on any atom is -0.493 e. The maximum atomic E-state index is 5.63. The smallest absolute Gasteiger partial charge is 0.123 e. The summed E-state index contributed by atoms with van der Waals surface area (Å²) in [4.78, 5) is 0. The normalized spacial score (nSPS) is 18.8. The monoisotopic (exact) mass is 188 g/mol. The summed E-state index contributed by atoms with van der Waals surface area (Å²) in [7, 11) is 0. The standard InChI is InChI=1S/C13H16O/c1-2-3-8-13-12-7-5-4-6-11(12)9-10-14-13/h4-7,9-10,13H,2-3,8H2,1H3/t13-/m1/s1. The lowest BCUT2D eigenvalue weighted by Gasteiger charge is -2.22. The summed E-state index contributed by atoms with van der Waals surface area (Å²) >= 11 is 0. The van der Waals surface area contributed by atoms with Crippen LogP contribution in [0.4, 0.5) is 0 Å². The Morgan fingerprint density at radius 1 is 1.29 bits per heavy atom. The van der Waals surface area contributed by atoms with E-state index < -0.39 is 0 Å². The van der Waals surface area contributed by atoms with Gasteiger partial charge >= 0.3 is 0 Å². The van der Waals surface area contributed by atoms with E-state index in [1.54, 1.807) is 0 Å². The quantitative estimate of drug-likeness (QED) is 0.698. The van der Waals surface area contributed by atoms with E-state index in [1.165, 1.54) is 24.0 Å². The molecule has 1 nitrogen and oxygen atoms in total. The van der Waals surface area contributed by atoms with Crippen LogP contribution in [0.25, 0.3) is 6.08 Å². The Bertz CT molecular complexity index is 328. The van der Waals surface area contributed by atoms with E-state index in [2.05, 4.69) is 31.2 Å². The van der Waals surface area contributed by atoms with Crippen LogP contribution in [0.3, 0.4) is 0 Å². The van der Waals surface area contributed by atoms with Crippen LogP contribution in [0, 0.1) is 0 Å². The number of ether oxygens (including phenoxy) is 1. The Labute approximate surface area is 85.4 Å². The van der Waals surface area contributed by atoms with Gasteiger partial charge in [-0.25, -0.2) is 0 Å². The first-order chi connectivity index (χ1) is 6.92. The van der Waals surface area contributed by atoms with Gasteiger partial charge in [-0.2, -0.15) is 0 Å². The fraction of sp³-hybridized carbons (Fsp3) is 0.385. The van der Waals surface area contributed by atoms with Crippen LogP contribution in [0.2, 0.25) is 0 Å². The molecule has 0 N–H and O–H groups in total. The van der Waals surface area contributed by atoms with Crippen molar-refractivity contribution in [2.24, 2.45) is 0 Å². The van der Waals surface area contributed by atoms with Gasteiger partial charge in [0.15, 0.2) is 0 Å². The molecule has 1 heterocycles. The zero-order valence-electron chi connectivity index (χ0n) is 8.57. The van der Waals surface area contributed by atoms with E-state index in [4.69, 9.17) is 4.74 Å². The first-order valence-electron chi connectivity index (χ1n) is 5.32. The highest BCUT2D eigenvalue weighted by atomic mass is 16.5. The van der Waals surface area contributed by atoms with Gasteiger partial charge in [-0.3, -0.25) is 0 Å². The van der Waals surface area contributed by atoms with Gasteiger partial charge in [0.25, 0.3) is 0 Å². The summed E-state index contributed by atoms with van der Waals surface area (Å²) in [6.45, 7) is 2.21. The van der Waals surface area contributed by atoms with E-state index in [0.717, 1.165) is 6.42 Å². The number of unbranched alkanes of at least 4 members (excludes halogenated alkanes) is 1. The molecule has 0 bridgehead atoms. The van der Waals surface area contributed by atoms with Crippen LogP contribution in [-0.4, -0.2) is 0 Å². The molecule has 0 aliphatic carbocycles. The molecule has 14 heavy (non-hydrogen) atoms. The minimum absolute atomic E-state index is 0.274. The van der Waals surface area contributed by atoms with Gasteiger partial charge in [-0.1, -0.05) is 37.6 Å². The van der Waals surface area contributed by atoms with E-state index in [-0.39, 0.29) is 6.10 Å². The van der Waals surface area contributed by atoms with Gasteiger partial charge in [0.05, 0.1) is 6.26 Å². The molecule has 1 aliphatic heterocycles. The van der Waals surface area contributed by atoms with E-state index in [0.29, 0.717) is 0 Å². The lowest BCUT2D eigenvalue weighted by atomic mass is 9.97. The molecular formula is C13H16O. The largest absolute Gasteiger partial charge is 0.493 e. The van der Waals surface area contributed by atoms with Gasteiger partial charge in [0.2, 0.25) is 0 Å². The van der Waals surface area contributed by atoms with Crippen molar-refractivity contribution in [3.05, 3.63) is 41.7 Å². The van der Waals surface area contributed by atoms with E-state index >= 15 is 0 Å². The molecule has 1 aliphatic rings. The summed E-state index contributed by atoms with van der Waals surface area (Å²) in [6, 6.07) is 8.47. The van der Waals surface area contributed by atoms with Crippen LogP contribution >= 0.6 is 0 Å². The molecule has 0 aromatic heterocycles. The highest BCUT2D eigenvalue weighted by Gasteiger charge is 2.16. The van der Waals surface area contributed by atoms with Crippen LogP contribution in [-0.2, 0) is 4.74 Å². The van der Waals surface area contributed by atoms with Crippen molar-refractivity contribution in [2.45, 2.75) is 32.3 Å². The van der Waals surface area contributed by atoms with Crippen molar-refractivity contribution in [1.29, 1.82) is 0 Å². The van der Waals surface area contributed by atoms with Gasteiger partial charge in [0, 0.05) is 0 Å². The molecule has 0 amide bonds. The Balaban J connectivity index is 2.18. The van der Waals surface area contributed by atoms with Gasteiger partial charge in [-0.05, 0) is 30.0 Å². The lowest BCUT2D eigenvalue weighted by molar-refractivity contribution is 0.132. The van der Waals surface area contributed by atoms with Crippen LogP contribution in [0.15, 0.2) is 30.5 Å². The predicted octanol–water partition coefficient (Wildman–Crippen LogP) is 3.92. The summed E-state index contributed by atoms with van der Waals surface area (Å²) in [6.07, 6.45) is 7.72. The molecule has 0 spiro atoms. The first-order valence-corrected chi connectivity index (χ1v) is 5.32. The molecule has 74 valence electrons. The Hall–Kier alpha value is -1.24. The molecule has 0 fully saturated rings. The topological polar surface area (TPSA) is 9.23 Å². The zero-order chi connectivity index (χ0) is 9.80. The second-order valence-electron chi connectivity index (χ2n) is 3.70. The fourth-order valence-electron chi connectivity index (χ4n) is 1.85. The SMILES string of the molecule is CCCC[C@H]1OC=Cc2ccccc21. The Morgan fingerprint density at radius 2 is 2.14 bits per heavy atom. The molecular weight excluding hydrogens is 172 g/mol. The average Bonchev–Trinajstić information content (AvgIpc) is 2.26. The van der Waals surface area contributed by atoms with Crippen LogP contribution in [0.1, 0.15) is 43.4 Å². The van der Waals surface area contributed by atoms with Crippen molar-refractivity contribution in [3.8, 4) is 0 Å². The molecule has 0 saturated heterocycles. The third-order valence-corrected chi connectivity index (χ3v) is 2.65. The van der Waals surface area contributed by atoms with Gasteiger partial charge in [0.1, 0.15) is 6.10 Å². The number of hydrogen-bond donors (Lipinski definition) is 0. The minimum atomic E-state index is 0.274. The van der Waals surface area contributed by atoms with E-state index in [1.807, 2.05) is 12.3 Å². The van der Waals surface area contributed by atoms with Crippen LogP contribution < -0.4 is 0 Å². The second-order valence-corrected chi connectivity index (χ2v) is 3.70. The van der Waals surface area contributed by atoms with Crippen LogP contribution in [0.5, 0.6) is 0 Å². The highest BCUT2D eigenvalue weighted by molar-refractivity contribution is 5.55. The van der Waals surface area contributed by atoms with Crippen molar-refractivity contribution in [3.63, 3.8) is 0 Å². The number of rotatable bonds is 3.